The molecule has 0 aliphatic carbocycles. The molecule has 2 amide bonds. The Balaban J connectivity index is 2.26. The smallest absolute Gasteiger partial charge is 0.286 e. The van der Waals surface area contributed by atoms with Crippen molar-refractivity contribution in [2.75, 3.05) is 26.7 Å². The van der Waals surface area contributed by atoms with Crippen LogP contribution in [0.25, 0.3) is 10.8 Å². The molecule has 1 aliphatic rings. The molecule has 0 saturated carbocycles. The lowest BCUT2D eigenvalue weighted by Crippen LogP contribution is -2.30. The van der Waals surface area contributed by atoms with E-state index in [1.807, 2.05) is 0 Å². The van der Waals surface area contributed by atoms with Gasteiger partial charge in [-0.1, -0.05) is 12.1 Å². The summed E-state index contributed by atoms with van der Waals surface area (Å²) in [5.41, 5.74) is 0.515. The zero-order valence-electron chi connectivity index (χ0n) is 12.6. The number of ether oxygens (including phenoxy) is 2. The van der Waals surface area contributed by atoms with E-state index in [0.29, 0.717) is 22.3 Å². The first-order valence-electron chi connectivity index (χ1n) is 6.89. The summed E-state index contributed by atoms with van der Waals surface area (Å²) in [6, 6.07) is 6.79. The molecule has 0 aromatic heterocycles. The van der Waals surface area contributed by atoms with Crippen LogP contribution < -0.4 is 9.47 Å². The summed E-state index contributed by atoms with van der Waals surface area (Å²) in [7, 11) is 3.03. The number of benzene rings is 2. The third kappa shape index (κ3) is 2.31. The average molecular weight is 336 g/mol. The lowest BCUT2D eigenvalue weighted by Gasteiger charge is -2.12. The second-order valence-corrected chi connectivity index (χ2v) is 5.19. The monoisotopic (exact) mass is 335 g/mol. The molecule has 2 aromatic carbocycles. The quantitative estimate of drug-likeness (QED) is 0.621. The number of alkyl halides is 1. The van der Waals surface area contributed by atoms with E-state index in [4.69, 9.17) is 25.9 Å². The van der Waals surface area contributed by atoms with Crippen LogP contribution >= 0.6 is 11.6 Å². The molecule has 6 nitrogen and oxygen atoms in total. The predicted molar refractivity (Wildman–Crippen MR) is 84.2 cm³/mol. The van der Waals surface area contributed by atoms with Gasteiger partial charge in [0.15, 0.2) is 0 Å². The standard InChI is InChI=1S/C16H14ClNO5/c1-21-11-5-3-4-9-13-10(8-12(22-2)14(9)11)15(19)18(16(13)20)23-7-6-17/h3-5,8H,6-7H2,1-2H3. The summed E-state index contributed by atoms with van der Waals surface area (Å²) in [4.78, 5) is 30.2. The molecule has 0 fully saturated rings. The van der Waals surface area contributed by atoms with Crippen LogP contribution in [0.4, 0.5) is 0 Å². The van der Waals surface area contributed by atoms with Crippen molar-refractivity contribution >= 4 is 34.2 Å². The van der Waals surface area contributed by atoms with E-state index >= 15 is 0 Å². The van der Waals surface area contributed by atoms with E-state index in [0.717, 1.165) is 5.06 Å². The third-order valence-corrected chi connectivity index (χ3v) is 3.79. The van der Waals surface area contributed by atoms with Crippen LogP contribution in [0.1, 0.15) is 20.7 Å². The maximum absolute atomic E-state index is 12.6. The van der Waals surface area contributed by atoms with Crippen LogP contribution in [0.5, 0.6) is 11.5 Å². The summed E-state index contributed by atoms with van der Waals surface area (Å²) in [6.07, 6.45) is 0. The summed E-state index contributed by atoms with van der Waals surface area (Å²) < 4.78 is 10.7. The van der Waals surface area contributed by atoms with E-state index in [2.05, 4.69) is 0 Å². The van der Waals surface area contributed by atoms with Gasteiger partial charge in [-0.05, 0) is 12.1 Å². The van der Waals surface area contributed by atoms with Crippen molar-refractivity contribution < 1.29 is 23.9 Å². The van der Waals surface area contributed by atoms with Crippen molar-refractivity contribution in [3.63, 3.8) is 0 Å². The fourth-order valence-electron chi connectivity index (χ4n) is 2.69. The second kappa shape index (κ2) is 6.06. The van der Waals surface area contributed by atoms with Gasteiger partial charge in [-0.3, -0.25) is 14.4 Å². The predicted octanol–water partition coefficient (Wildman–Crippen LogP) is 2.62. The number of fused-ring (bicyclic) bond motifs is 3. The number of nitrogens with zero attached hydrogens (tertiary/aromatic N) is 1. The number of rotatable bonds is 5. The fourth-order valence-corrected chi connectivity index (χ4v) is 2.76. The molecule has 2 aromatic rings. The van der Waals surface area contributed by atoms with Gasteiger partial charge in [0.1, 0.15) is 11.5 Å². The molecule has 0 N–H and O–H groups in total. The van der Waals surface area contributed by atoms with Gasteiger partial charge in [-0.15, -0.1) is 16.7 Å². The first kappa shape index (κ1) is 15.6. The first-order valence-corrected chi connectivity index (χ1v) is 7.42. The van der Waals surface area contributed by atoms with E-state index in [-0.39, 0.29) is 23.6 Å². The van der Waals surface area contributed by atoms with Crippen molar-refractivity contribution in [3.05, 3.63) is 35.4 Å². The molecular weight excluding hydrogens is 322 g/mol. The first-order chi connectivity index (χ1) is 11.1. The van der Waals surface area contributed by atoms with Gasteiger partial charge in [0.05, 0.1) is 37.3 Å². The lowest BCUT2D eigenvalue weighted by molar-refractivity contribution is -0.0855. The van der Waals surface area contributed by atoms with Crippen LogP contribution in [0.3, 0.4) is 0 Å². The molecule has 23 heavy (non-hydrogen) atoms. The Kier molecular flexibility index (Phi) is 4.11. The number of hydroxylamine groups is 2. The van der Waals surface area contributed by atoms with Gasteiger partial charge in [-0.25, -0.2) is 0 Å². The molecule has 0 atom stereocenters. The molecular formula is C16H14ClNO5. The number of imide groups is 1. The van der Waals surface area contributed by atoms with Gasteiger partial charge in [0, 0.05) is 11.3 Å². The Morgan fingerprint density at radius 3 is 2.48 bits per heavy atom. The molecule has 0 radical (unpaired) electrons. The molecule has 1 heterocycles. The van der Waals surface area contributed by atoms with Crippen LogP contribution in [-0.2, 0) is 4.84 Å². The SMILES string of the molecule is COc1cccc2c3c(cc(OC)c12)C(=O)N(OCCCl)C3=O. The maximum atomic E-state index is 12.6. The molecule has 120 valence electrons. The average Bonchev–Trinajstić information content (AvgIpc) is 2.82. The van der Waals surface area contributed by atoms with E-state index in [1.54, 1.807) is 18.2 Å². The topological polar surface area (TPSA) is 65.1 Å². The molecule has 0 bridgehead atoms. The highest BCUT2D eigenvalue weighted by atomic mass is 35.5. The molecule has 3 rings (SSSR count). The molecule has 0 saturated heterocycles. The molecule has 1 aliphatic heterocycles. The second-order valence-electron chi connectivity index (χ2n) is 4.81. The number of carbonyl (C=O) groups is 2. The summed E-state index contributed by atoms with van der Waals surface area (Å²) in [5, 5.41) is 1.96. The summed E-state index contributed by atoms with van der Waals surface area (Å²) in [6.45, 7) is 0.0609. The highest BCUT2D eigenvalue weighted by Gasteiger charge is 2.39. The van der Waals surface area contributed by atoms with Gasteiger partial charge in [0.25, 0.3) is 11.8 Å². The molecule has 0 spiro atoms. The van der Waals surface area contributed by atoms with Crippen LogP contribution in [0.15, 0.2) is 24.3 Å². The molecule has 0 unspecified atom stereocenters. The Bertz CT molecular complexity index is 805. The van der Waals surface area contributed by atoms with Crippen LogP contribution in [0.2, 0.25) is 0 Å². The zero-order chi connectivity index (χ0) is 16.6. The van der Waals surface area contributed by atoms with Gasteiger partial charge in [-0.2, -0.15) is 0 Å². The minimum absolute atomic E-state index is 0.0609. The Morgan fingerprint density at radius 1 is 1.09 bits per heavy atom. The molecule has 7 heteroatoms. The van der Waals surface area contributed by atoms with E-state index in [9.17, 15) is 9.59 Å². The highest BCUT2D eigenvalue weighted by Crippen LogP contribution is 2.40. The normalized spacial score (nSPS) is 13.6. The number of methoxy groups -OCH3 is 2. The van der Waals surface area contributed by atoms with Gasteiger partial charge in [0.2, 0.25) is 0 Å². The van der Waals surface area contributed by atoms with E-state index in [1.165, 1.54) is 20.3 Å². The number of carbonyl (C=O) groups excluding carboxylic acids is 2. The minimum Gasteiger partial charge on any atom is -0.496 e. The highest BCUT2D eigenvalue weighted by molar-refractivity contribution is 6.27. The number of hydrogen-bond donors (Lipinski definition) is 0. The van der Waals surface area contributed by atoms with Crippen LogP contribution in [-0.4, -0.2) is 43.6 Å². The van der Waals surface area contributed by atoms with E-state index < -0.39 is 11.8 Å². The maximum Gasteiger partial charge on any atom is 0.286 e. The van der Waals surface area contributed by atoms with Crippen molar-refractivity contribution in [2.24, 2.45) is 0 Å². The largest absolute Gasteiger partial charge is 0.496 e. The number of amides is 2. The zero-order valence-corrected chi connectivity index (χ0v) is 13.3. The Hall–Kier alpha value is -2.31. The Morgan fingerprint density at radius 2 is 1.83 bits per heavy atom. The minimum atomic E-state index is -0.530. The van der Waals surface area contributed by atoms with Crippen molar-refractivity contribution in [1.82, 2.24) is 5.06 Å². The van der Waals surface area contributed by atoms with Crippen LogP contribution in [0, 0.1) is 0 Å². The Labute approximate surface area is 137 Å². The third-order valence-electron chi connectivity index (χ3n) is 3.64. The van der Waals surface area contributed by atoms with Crippen molar-refractivity contribution in [3.8, 4) is 11.5 Å². The van der Waals surface area contributed by atoms with Crippen molar-refractivity contribution in [2.45, 2.75) is 0 Å². The number of hydrogen-bond acceptors (Lipinski definition) is 5. The number of halogens is 1. The fraction of sp³-hybridized carbons (Fsp3) is 0.250. The van der Waals surface area contributed by atoms with Gasteiger partial charge >= 0.3 is 0 Å². The summed E-state index contributed by atoms with van der Waals surface area (Å²) >= 11 is 5.56. The summed E-state index contributed by atoms with van der Waals surface area (Å²) in [5.74, 6) is 0.138. The lowest BCUT2D eigenvalue weighted by atomic mass is 9.98. The van der Waals surface area contributed by atoms with Crippen molar-refractivity contribution in [1.29, 1.82) is 0 Å². The van der Waals surface area contributed by atoms with Gasteiger partial charge < -0.3 is 9.47 Å².